The molecule has 1 N–H and O–H groups in total. The molecule has 19 heavy (non-hydrogen) atoms. The zero-order valence-electron chi connectivity index (χ0n) is 10.7. The third-order valence-electron chi connectivity index (χ3n) is 2.73. The Labute approximate surface area is 111 Å². The van der Waals surface area contributed by atoms with Crippen LogP contribution in [0.5, 0.6) is 5.75 Å². The zero-order valence-corrected chi connectivity index (χ0v) is 10.7. The third kappa shape index (κ3) is 3.55. The van der Waals surface area contributed by atoms with Gasteiger partial charge in [0.15, 0.2) is 0 Å². The first-order chi connectivity index (χ1) is 9.16. The minimum Gasteiger partial charge on any atom is -0.487 e. The summed E-state index contributed by atoms with van der Waals surface area (Å²) in [6.45, 7) is 2.21. The van der Waals surface area contributed by atoms with E-state index in [-0.39, 0.29) is 6.42 Å². The van der Waals surface area contributed by atoms with Crippen molar-refractivity contribution in [2.24, 2.45) is 0 Å². The summed E-state index contributed by atoms with van der Waals surface area (Å²) >= 11 is 0. The molecule has 0 bridgehead atoms. The number of pyridine rings is 1. The summed E-state index contributed by atoms with van der Waals surface area (Å²) in [5.74, 6) is -0.316. The molecule has 0 aliphatic heterocycles. The van der Waals surface area contributed by atoms with Crippen LogP contribution < -0.4 is 4.74 Å². The second-order valence-corrected chi connectivity index (χ2v) is 4.23. The molecule has 4 nitrogen and oxygen atoms in total. The highest BCUT2D eigenvalue weighted by Gasteiger charge is 2.11. The van der Waals surface area contributed by atoms with Crippen LogP contribution in [0.2, 0.25) is 0 Å². The van der Waals surface area contributed by atoms with Gasteiger partial charge in [0.25, 0.3) is 0 Å². The number of nitrogens with zero attached hydrogens (tertiary/aromatic N) is 1. The van der Waals surface area contributed by atoms with Crippen molar-refractivity contribution >= 4 is 5.97 Å². The number of carbonyl (C=O) groups is 1. The van der Waals surface area contributed by atoms with Crippen LogP contribution in [0.3, 0.4) is 0 Å². The number of aromatic nitrogens is 1. The molecule has 0 aliphatic rings. The van der Waals surface area contributed by atoms with Crippen molar-refractivity contribution in [3.05, 3.63) is 59.4 Å². The molecule has 0 unspecified atom stereocenters. The summed E-state index contributed by atoms with van der Waals surface area (Å²) < 4.78 is 5.73. The number of aryl methyl sites for hydroxylation is 1. The van der Waals surface area contributed by atoms with Gasteiger partial charge in [-0.3, -0.25) is 9.78 Å². The number of carboxylic acids is 1. The van der Waals surface area contributed by atoms with E-state index in [2.05, 4.69) is 4.98 Å². The van der Waals surface area contributed by atoms with Crippen LogP contribution in [0.15, 0.2) is 42.6 Å². The summed E-state index contributed by atoms with van der Waals surface area (Å²) in [5, 5.41) is 8.89. The van der Waals surface area contributed by atoms with Gasteiger partial charge in [0, 0.05) is 11.8 Å². The first kappa shape index (κ1) is 13.1. The van der Waals surface area contributed by atoms with Gasteiger partial charge in [-0.1, -0.05) is 30.3 Å². The van der Waals surface area contributed by atoms with Crippen molar-refractivity contribution in [3.8, 4) is 5.75 Å². The maximum absolute atomic E-state index is 10.8. The molecule has 1 aromatic heterocycles. The zero-order chi connectivity index (χ0) is 13.7. The van der Waals surface area contributed by atoms with Gasteiger partial charge in [-0.05, 0) is 18.6 Å². The standard InChI is InChI=1S/C15H15NO3/c1-11-15(13(7-8-16-11)9-14(17)18)19-10-12-5-3-2-4-6-12/h2-8H,9-10H2,1H3,(H,17,18). The molecule has 0 fully saturated rings. The lowest BCUT2D eigenvalue weighted by atomic mass is 10.1. The van der Waals surface area contributed by atoms with Crippen molar-refractivity contribution in [2.45, 2.75) is 20.0 Å². The lowest BCUT2D eigenvalue weighted by molar-refractivity contribution is -0.136. The molecule has 1 heterocycles. The molecule has 0 saturated carbocycles. The number of carboxylic acid groups (broad SMARTS) is 1. The molecule has 0 spiro atoms. The van der Waals surface area contributed by atoms with Crippen LogP contribution in [0.25, 0.3) is 0 Å². The maximum atomic E-state index is 10.8. The normalized spacial score (nSPS) is 10.2. The number of hydrogen-bond donors (Lipinski definition) is 1. The van der Waals surface area contributed by atoms with Crippen LogP contribution >= 0.6 is 0 Å². The number of aliphatic carboxylic acids is 1. The van der Waals surface area contributed by atoms with Crippen LogP contribution in [-0.4, -0.2) is 16.1 Å². The van der Waals surface area contributed by atoms with Crippen molar-refractivity contribution in [2.75, 3.05) is 0 Å². The predicted octanol–water partition coefficient (Wildman–Crippen LogP) is 2.60. The van der Waals surface area contributed by atoms with Crippen LogP contribution in [-0.2, 0) is 17.8 Å². The van der Waals surface area contributed by atoms with E-state index in [1.807, 2.05) is 37.3 Å². The largest absolute Gasteiger partial charge is 0.487 e. The number of benzene rings is 1. The second kappa shape index (κ2) is 6.00. The van der Waals surface area contributed by atoms with E-state index >= 15 is 0 Å². The lowest BCUT2D eigenvalue weighted by Crippen LogP contribution is -2.06. The third-order valence-corrected chi connectivity index (χ3v) is 2.73. The van der Waals surface area contributed by atoms with Crippen LogP contribution in [0, 0.1) is 6.92 Å². The Morgan fingerprint density at radius 1 is 1.26 bits per heavy atom. The Balaban J connectivity index is 2.17. The van der Waals surface area contributed by atoms with Gasteiger partial charge in [-0.2, -0.15) is 0 Å². The van der Waals surface area contributed by atoms with E-state index in [0.717, 1.165) is 5.56 Å². The highest BCUT2D eigenvalue weighted by atomic mass is 16.5. The Morgan fingerprint density at radius 3 is 2.68 bits per heavy atom. The van der Waals surface area contributed by atoms with E-state index in [1.54, 1.807) is 12.3 Å². The quantitative estimate of drug-likeness (QED) is 0.894. The molecule has 1 aromatic carbocycles. The van der Waals surface area contributed by atoms with E-state index in [9.17, 15) is 4.79 Å². The fourth-order valence-corrected chi connectivity index (χ4v) is 1.83. The molecule has 4 heteroatoms. The monoisotopic (exact) mass is 257 g/mol. The molecule has 2 rings (SSSR count). The first-order valence-corrected chi connectivity index (χ1v) is 6.00. The minimum atomic E-state index is -0.879. The first-order valence-electron chi connectivity index (χ1n) is 6.00. The van der Waals surface area contributed by atoms with Crippen molar-refractivity contribution in [3.63, 3.8) is 0 Å². The Morgan fingerprint density at radius 2 is 2.00 bits per heavy atom. The van der Waals surface area contributed by atoms with E-state index in [1.165, 1.54) is 0 Å². The number of hydrogen-bond acceptors (Lipinski definition) is 3. The van der Waals surface area contributed by atoms with E-state index in [4.69, 9.17) is 9.84 Å². The summed E-state index contributed by atoms with van der Waals surface area (Å²) in [5.41, 5.74) is 2.39. The predicted molar refractivity (Wildman–Crippen MR) is 71.1 cm³/mol. The molecular weight excluding hydrogens is 242 g/mol. The SMILES string of the molecule is Cc1nccc(CC(=O)O)c1OCc1ccccc1. The smallest absolute Gasteiger partial charge is 0.307 e. The highest BCUT2D eigenvalue weighted by molar-refractivity contribution is 5.71. The molecule has 0 saturated heterocycles. The van der Waals surface area contributed by atoms with Crippen molar-refractivity contribution in [1.29, 1.82) is 0 Å². The van der Waals surface area contributed by atoms with Crippen molar-refractivity contribution in [1.82, 2.24) is 4.98 Å². The van der Waals surface area contributed by atoms with Gasteiger partial charge in [0.2, 0.25) is 0 Å². The van der Waals surface area contributed by atoms with Gasteiger partial charge in [-0.25, -0.2) is 0 Å². The molecular formula is C15H15NO3. The van der Waals surface area contributed by atoms with Gasteiger partial charge in [-0.15, -0.1) is 0 Å². The summed E-state index contributed by atoms with van der Waals surface area (Å²) in [6.07, 6.45) is 1.54. The van der Waals surface area contributed by atoms with Gasteiger partial charge < -0.3 is 9.84 Å². The van der Waals surface area contributed by atoms with Gasteiger partial charge in [0.1, 0.15) is 12.4 Å². The molecule has 0 aliphatic carbocycles. The van der Waals surface area contributed by atoms with Crippen molar-refractivity contribution < 1.29 is 14.6 Å². The van der Waals surface area contributed by atoms with Crippen LogP contribution in [0.4, 0.5) is 0 Å². The van der Waals surface area contributed by atoms with E-state index in [0.29, 0.717) is 23.6 Å². The fourth-order valence-electron chi connectivity index (χ4n) is 1.83. The Kier molecular flexibility index (Phi) is 4.13. The fraction of sp³-hybridized carbons (Fsp3) is 0.200. The molecule has 0 radical (unpaired) electrons. The second-order valence-electron chi connectivity index (χ2n) is 4.23. The average Bonchev–Trinajstić information content (AvgIpc) is 2.38. The molecule has 2 aromatic rings. The number of ether oxygens (including phenoxy) is 1. The Bertz CT molecular complexity index is 567. The number of rotatable bonds is 5. The molecule has 98 valence electrons. The summed E-state index contributed by atoms with van der Waals surface area (Å²) in [6, 6.07) is 11.4. The highest BCUT2D eigenvalue weighted by Crippen LogP contribution is 2.23. The van der Waals surface area contributed by atoms with Gasteiger partial charge >= 0.3 is 5.97 Å². The summed E-state index contributed by atoms with van der Waals surface area (Å²) in [4.78, 5) is 15.0. The Hall–Kier alpha value is -2.36. The molecule has 0 amide bonds. The van der Waals surface area contributed by atoms with Gasteiger partial charge in [0.05, 0.1) is 12.1 Å². The lowest BCUT2D eigenvalue weighted by Gasteiger charge is -2.12. The van der Waals surface area contributed by atoms with E-state index < -0.39 is 5.97 Å². The topological polar surface area (TPSA) is 59.4 Å². The minimum absolute atomic E-state index is 0.0620. The maximum Gasteiger partial charge on any atom is 0.307 e. The molecule has 0 atom stereocenters. The average molecular weight is 257 g/mol. The van der Waals surface area contributed by atoms with Crippen LogP contribution in [0.1, 0.15) is 16.8 Å². The summed E-state index contributed by atoms with van der Waals surface area (Å²) in [7, 11) is 0.